The second kappa shape index (κ2) is 4.31. The third-order valence-corrected chi connectivity index (χ3v) is 2.39. The molecule has 1 saturated heterocycles. The second-order valence-electron chi connectivity index (χ2n) is 3.07. The van der Waals surface area contributed by atoms with Gasteiger partial charge in [0.25, 0.3) is 0 Å². The van der Waals surface area contributed by atoms with Crippen LogP contribution in [0.5, 0.6) is 0 Å². The summed E-state index contributed by atoms with van der Waals surface area (Å²) in [5, 5.41) is 3.38. The Morgan fingerprint density at radius 2 is 2.36 bits per heavy atom. The fourth-order valence-electron chi connectivity index (χ4n) is 1.74. The largest absolute Gasteiger partial charge is 0.313 e. The summed E-state index contributed by atoms with van der Waals surface area (Å²) in [6, 6.07) is 0. The molecule has 1 fully saturated rings. The van der Waals surface area contributed by atoms with Gasteiger partial charge in [-0.25, -0.2) is 0 Å². The summed E-state index contributed by atoms with van der Waals surface area (Å²) in [5.74, 6) is 0.867. The van der Waals surface area contributed by atoms with E-state index in [1.54, 1.807) is 5.57 Å². The molecule has 1 unspecified atom stereocenters. The number of allylic oxidation sites excluding steroid dienone is 3. The first kappa shape index (κ1) is 9.33. The Bertz CT molecular complexity index is 184. The first-order valence-electron chi connectivity index (χ1n) is 4.03. The van der Waals surface area contributed by atoms with E-state index < -0.39 is 0 Å². The molecule has 1 aliphatic carbocycles. The van der Waals surface area contributed by atoms with Gasteiger partial charge in [0.2, 0.25) is 0 Å². The molecule has 2 rings (SSSR count). The van der Waals surface area contributed by atoms with Crippen LogP contribution in [0.1, 0.15) is 12.8 Å². The summed E-state index contributed by atoms with van der Waals surface area (Å²) in [4.78, 5) is 0. The van der Waals surface area contributed by atoms with E-state index >= 15 is 0 Å². The Morgan fingerprint density at radius 3 is 3.18 bits per heavy atom. The zero-order valence-electron chi connectivity index (χ0n) is 6.64. The first-order valence-corrected chi connectivity index (χ1v) is 4.03. The third kappa shape index (κ3) is 2.09. The molecule has 0 spiro atoms. The molecule has 1 atom stereocenters. The summed E-state index contributed by atoms with van der Waals surface area (Å²) in [6.07, 6.45) is 9.32. The van der Waals surface area contributed by atoms with Crippen molar-refractivity contribution in [3.05, 3.63) is 23.8 Å². The molecule has 4 radical (unpaired) electrons. The van der Waals surface area contributed by atoms with Gasteiger partial charge in [0.05, 0.1) is 0 Å². The minimum Gasteiger partial charge on any atom is -0.313 e. The molecule has 0 saturated carbocycles. The predicted octanol–water partition coefficient (Wildman–Crippen LogP) is 1.10. The predicted molar refractivity (Wildman–Crippen MR) is 48.6 cm³/mol. The average Bonchev–Trinajstić information content (AvgIpc) is 2.05. The molecular weight excluding hydrogens is 241 g/mol. The second-order valence-corrected chi connectivity index (χ2v) is 3.07. The van der Waals surface area contributed by atoms with Crippen LogP contribution in [-0.4, -0.2) is 37.0 Å². The molecule has 2 heteroatoms. The van der Waals surface area contributed by atoms with Gasteiger partial charge >= 0.3 is 0 Å². The Labute approximate surface area is 84.9 Å². The van der Waals surface area contributed by atoms with Crippen molar-refractivity contribution in [1.29, 1.82) is 0 Å². The van der Waals surface area contributed by atoms with E-state index in [0.29, 0.717) is 0 Å². The first-order chi connectivity index (χ1) is 4.97. The molecule has 0 aromatic rings. The number of fused-ring (bicyclic) bond motifs is 1. The van der Waals surface area contributed by atoms with E-state index in [9.17, 15) is 0 Å². The van der Waals surface area contributed by atoms with Crippen LogP contribution >= 0.6 is 0 Å². The van der Waals surface area contributed by atoms with Crippen molar-refractivity contribution in [2.45, 2.75) is 12.8 Å². The molecule has 2 aliphatic rings. The van der Waals surface area contributed by atoms with E-state index in [4.69, 9.17) is 0 Å². The van der Waals surface area contributed by atoms with Crippen LogP contribution in [-0.2, 0) is 0 Å². The van der Waals surface area contributed by atoms with Crippen molar-refractivity contribution in [1.82, 2.24) is 5.32 Å². The van der Waals surface area contributed by atoms with Crippen LogP contribution in [0.25, 0.3) is 0 Å². The van der Waals surface area contributed by atoms with Gasteiger partial charge in [-0.15, -0.1) is 0 Å². The fraction of sp³-hybridized carbons (Fsp3) is 0.556. The van der Waals surface area contributed by atoms with E-state index in [2.05, 4.69) is 23.5 Å². The molecule has 1 heterocycles. The quantitative estimate of drug-likeness (QED) is 0.638. The zero-order chi connectivity index (χ0) is 6.81. The minimum atomic E-state index is 0. The molecule has 11 heavy (non-hydrogen) atoms. The summed E-state index contributed by atoms with van der Waals surface area (Å²) >= 11 is 0. The smallest absolute Gasteiger partial charge is 0.0170 e. The molecule has 0 aromatic carbocycles. The van der Waals surface area contributed by atoms with Crippen molar-refractivity contribution in [3.8, 4) is 0 Å². The molecule has 0 bridgehead atoms. The van der Waals surface area contributed by atoms with E-state index in [1.807, 2.05) is 0 Å². The number of hydrogen-bond donors (Lipinski definition) is 1. The van der Waals surface area contributed by atoms with Crippen LogP contribution in [0.4, 0.5) is 0 Å². The van der Waals surface area contributed by atoms with Gasteiger partial charge in [0, 0.05) is 30.5 Å². The van der Waals surface area contributed by atoms with Crippen molar-refractivity contribution in [2.75, 3.05) is 13.1 Å². The van der Waals surface area contributed by atoms with Crippen LogP contribution in [0.2, 0.25) is 0 Å². The van der Waals surface area contributed by atoms with E-state index in [1.165, 1.54) is 19.4 Å². The van der Waals surface area contributed by atoms with Gasteiger partial charge in [-0.2, -0.15) is 0 Å². The van der Waals surface area contributed by atoms with Gasteiger partial charge in [-0.3, -0.25) is 0 Å². The van der Waals surface area contributed by atoms with Crippen LogP contribution in [0.3, 0.4) is 0 Å². The van der Waals surface area contributed by atoms with Crippen LogP contribution in [0, 0.1) is 5.92 Å². The summed E-state index contributed by atoms with van der Waals surface area (Å²) < 4.78 is 0. The maximum absolute atomic E-state index is 3.38. The molecule has 0 amide bonds. The van der Waals surface area contributed by atoms with Crippen molar-refractivity contribution in [2.24, 2.45) is 5.92 Å². The van der Waals surface area contributed by atoms with Crippen molar-refractivity contribution >= 4 is 23.9 Å². The standard InChI is InChI=1S/C9H13N.Sn/c1-2-4-9-7-10-6-5-8(9)3-1;/h1-2,4,8,10H,3,5-7H2;. The Morgan fingerprint density at radius 1 is 1.45 bits per heavy atom. The molecule has 1 N–H and O–H groups in total. The number of piperidine rings is 1. The zero-order valence-corrected chi connectivity index (χ0v) is 9.49. The molecule has 0 aromatic heterocycles. The van der Waals surface area contributed by atoms with Crippen LogP contribution in [0.15, 0.2) is 23.8 Å². The van der Waals surface area contributed by atoms with Crippen molar-refractivity contribution < 1.29 is 0 Å². The fourth-order valence-corrected chi connectivity index (χ4v) is 1.74. The van der Waals surface area contributed by atoms with Gasteiger partial charge in [-0.1, -0.05) is 23.8 Å². The summed E-state index contributed by atoms with van der Waals surface area (Å²) in [7, 11) is 0. The number of nitrogens with one attached hydrogen (secondary N) is 1. The molecule has 1 aliphatic heterocycles. The van der Waals surface area contributed by atoms with E-state index in [-0.39, 0.29) is 23.9 Å². The topological polar surface area (TPSA) is 12.0 Å². The van der Waals surface area contributed by atoms with Gasteiger partial charge < -0.3 is 5.32 Å². The number of hydrogen-bond acceptors (Lipinski definition) is 1. The molecule has 1 nitrogen and oxygen atoms in total. The Balaban J connectivity index is 0.000000605. The van der Waals surface area contributed by atoms with Gasteiger partial charge in [-0.05, 0) is 25.3 Å². The molecule has 58 valence electrons. The Hall–Kier alpha value is 0.239. The summed E-state index contributed by atoms with van der Waals surface area (Å²) in [5.41, 5.74) is 1.61. The Kier molecular flexibility index (Phi) is 3.66. The molecular formula is C9H13NSn. The van der Waals surface area contributed by atoms with E-state index in [0.717, 1.165) is 12.5 Å². The van der Waals surface area contributed by atoms with Crippen molar-refractivity contribution in [3.63, 3.8) is 0 Å². The van der Waals surface area contributed by atoms with Gasteiger partial charge in [0.15, 0.2) is 0 Å². The maximum Gasteiger partial charge on any atom is 0.0170 e. The van der Waals surface area contributed by atoms with Crippen LogP contribution < -0.4 is 5.32 Å². The number of rotatable bonds is 0. The summed E-state index contributed by atoms with van der Waals surface area (Å²) in [6.45, 7) is 2.32. The van der Waals surface area contributed by atoms with Gasteiger partial charge in [0.1, 0.15) is 0 Å². The third-order valence-electron chi connectivity index (χ3n) is 2.39. The minimum absolute atomic E-state index is 0. The average molecular weight is 254 g/mol. The SMILES string of the molecule is C1=CCC2CCNCC2=C1.[Sn]. The monoisotopic (exact) mass is 255 g/mol. The normalized spacial score (nSPS) is 28.4. The maximum atomic E-state index is 3.38.